The fourth-order valence-electron chi connectivity index (χ4n) is 0.174. The fraction of sp³-hybridized carbons (Fsp3) is 0.500. The number of halogens is 6. The first-order chi connectivity index (χ1) is 4.31. The topological polar surface area (TPSA) is 0 Å². The SMILES string of the molecule is FC(F)(F)C(F)(F)/C=C/I. The summed E-state index contributed by atoms with van der Waals surface area (Å²) in [7, 11) is 0. The van der Waals surface area contributed by atoms with Gasteiger partial charge in [-0.3, -0.25) is 0 Å². The number of alkyl halides is 5. The number of rotatable bonds is 1. The molecule has 0 aliphatic heterocycles. The lowest BCUT2D eigenvalue weighted by Gasteiger charge is -2.14. The number of hydrogen-bond donors (Lipinski definition) is 0. The van der Waals surface area contributed by atoms with Crippen LogP contribution in [0.5, 0.6) is 0 Å². The van der Waals surface area contributed by atoms with Gasteiger partial charge in [-0.1, -0.05) is 22.6 Å². The summed E-state index contributed by atoms with van der Waals surface area (Å²) in [5, 5.41) is 0. The van der Waals surface area contributed by atoms with E-state index in [2.05, 4.69) is 0 Å². The third-order valence-electron chi connectivity index (χ3n) is 0.650. The van der Waals surface area contributed by atoms with Crippen molar-refractivity contribution in [3.63, 3.8) is 0 Å². The van der Waals surface area contributed by atoms with Crippen LogP contribution in [0, 0.1) is 0 Å². The molecule has 0 fully saturated rings. The van der Waals surface area contributed by atoms with Crippen molar-refractivity contribution in [1.29, 1.82) is 0 Å². The molecule has 0 amide bonds. The first-order valence-corrected chi connectivity index (χ1v) is 3.28. The quantitative estimate of drug-likeness (QED) is 0.508. The Balaban J connectivity index is 4.40. The third kappa shape index (κ3) is 2.39. The molecule has 0 saturated heterocycles. The molecule has 0 radical (unpaired) electrons. The maximum absolute atomic E-state index is 11.7. The van der Waals surface area contributed by atoms with Crippen molar-refractivity contribution < 1.29 is 22.0 Å². The van der Waals surface area contributed by atoms with Crippen molar-refractivity contribution in [2.24, 2.45) is 0 Å². The molecule has 0 atom stereocenters. The van der Waals surface area contributed by atoms with Gasteiger partial charge in [0.1, 0.15) is 0 Å². The maximum atomic E-state index is 11.7. The van der Waals surface area contributed by atoms with E-state index in [1.54, 1.807) is 0 Å². The zero-order chi connectivity index (χ0) is 8.41. The first kappa shape index (κ1) is 10.1. The van der Waals surface area contributed by atoms with E-state index in [1.165, 1.54) is 22.6 Å². The molecule has 0 N–H and O–H groups in total. The molecule has 0 rings (SSSR count). The van der Waals surface area contributed by atoms with Crippen molar-refractivity contribution in [1.82, 2.24) is 0 Å². The molecular formula is C4H2F5I. The standard InChI is InChI=1S/C4H2F5I/c5-3(6,1-2-10)4(7,8)9/h1-2H/b2-1+. The molecule has 0 unspecified atom stereocenters. The second-order valence-corrected chi connectivity index (χ2v) is 2.13. The van der Waals surface area contributed by atoms with Crippen molar-refractivity contribution >= 4 is 22.6 Å². The van der Waals surface area contributed by atoms with Crippen LogP contribution < -0.4 is 0 Å². The first-order valence-electron chi connectivity index (χ1n) is 2.04. The van der Waals surface area contributed by atoms with Crippen LogP contribution in [0.15, 0.2) is 10.2 Å². The van der Waals surface area contributed by atoms with E-state index >= 15 is 0 Å². The molecule has 0 spiro atoms. The zero-order valence-corrected chi connectivity index (χ0v) is 6.58. The van der Waals surface area contributed by atoms with E-state index in [0.717, 1.165) is 0 Å². The molecule has 0 bridgehead atoms. The van der Waals surface area contributed by atoms with Crippen LogP contribution in [0.4, 0.5) is 22.0 Å². The molecule has 6 heteroatoms. The molecular weight excluding hydrogens is 270 g/mol. The summed E-state index contributed by atoms with van der Waals surface area (Å²) >= 11 is 1.29. The van der Waals surface area contributed by atoms with Gasteiger partial charge >= 0.3 is 12.1 Å². The second-order valence-electron chi connectivity index (χ2n) is 1.41. The third-order valence-corrected chi connectivity index (χ3v) is 1.01. The van der Waals surface area contributed by atoms with Crippen LogP contribution in [-0.4, -0.2) is 12.1 Å². The fourth-order valence-corrected chi connectivity index (χ4v) is 0.625. The van der Waals surface area contributed by atoms with Gasteiger partial charge in [-0.05, 0) is 10.2 Å². The molecule has 0 heterocycles. The normalized spacial score (nSPS) is 14.6. The minimum atomic E-state index is -5.48. The Bertz CT molecular complexity index is 135. The number of hydrogen-bond acceptors (Lipinski definition) is 0. The molecule has 0 aromatic rings. The Morgan fingerprint density at radius 1 is 1.00 bits per heavy atom. The summed E-state index contributed by atoms with van der Waals surface area (Å²) in [5.74, 6) is -4.70. The predicted octanol–water partition coefficient (Wildman–Crippen LogP) is 3.13. The average Bonchev–Trinajstić information content (AvgIpc) is 1.61. The van der Waals surface area contributed by atoms with Gasteiger partial charge in [0.25, 0.3) is 0 Å². The minimum Gasteiger partial charge on any atom is -0.191 e. The van der Waals surface area contributed by atoms with Crippen LogP contribution >= 0.6 is 22.6 Å². The summed E-state index contributed by atoms with van der Waals surface area (Å²) in [4.78, 5) is 0. The molecule has 0 saturated carbocycles. The van der Waals surface area contributed by atoms with Gasteiger partial charge in [-0.15, -0.1) is 0 Å². The van der Waals surface area contributed by atoms with E-state index in [-0.39, 0.29) is 6.08 Å². The molecule has 10 heavy (non-hydrogen) atoms. The van der Waals surface area contributed by atoms with Gasteiger partial charge in [-0.25, -0.2) is 0 Å². The van der Waals surface area contributed by atoms with Crippen LogP contribution in [0.2, 0.25) is 0 Å². The monoisotopic (exact) mass is 272 g/mol. The van der Waals surface area contributed by atoms with Crippen LogP contribution in [0.25, 0.3) is 0 Å². The van der Waals surface area contributed by atoms with Crippen LogP contribution in [0.3, 0.4) is 0 Å². The highest BCUT2D eigenvalue weighted by molar-refractivity contribution is 14.1. The predicted molar refractivity (Wildman–Crippen MR) is 34.2 cm³/mol. The maximum Gasteiger partial charge on any atom is 0.457 e. The summed E-state index contributed by atoms with van der Waals surface area (Å²) in [6, 6.07) is 0. The lowest BCUT2D eigenvalue weighted by Crippen LogP contribution is -2.33. The van der Waals surface area contributed by atoms with Crippen LogP contribution in [0.1, 0.15) is 0 Å². The van der Waals surface area contributed by atoms with E-state index < -0.39 is 12.1 Å². The summed E-state index contributed by atoms with van der Waals surface area (Å²) in [6.45, 7) is 0. The molecule has 0 aliphatic carbocycles. The van der Waals surface area contributed by atoms with Gasteiger partial charge in [0.15, 0.2) is 0 Å². The lowest BCUT2D eigenvalue weighted by molar-refractivity contribution is -0.259. The summed E-state index contributed by atoms with van der Waals surface area (Å²) in [6.07, 6.45) is -5.68. The second kappa shape index (κ2) is 3.02. The Morgan fingerprint density at radius 3 is 1.50 bits per heavy atom. The summed E-state index contributed by atoms with van der Waals surface area (Å²) < 4.78 is 57.7. The minimum absolute atomic E-state index is 0.201. The van der Waals surface area contributed by atoms with E-state index in [9.17, 15) is 22.0 Å². The largest absolute Gasteiger partial charge is 0.457 e. The average molecular weight is 272 g/mol. The Hall–Kier alpha value is 0.120. The van der Waals surface area contributed by atoms with E-state index in [1.807, 2.05) is 0 Å². The van der Waals surface area contributed by atoms with E-state index in [4.69, 9.17) is 0 Å². The van der Waals surface area contributed by atoms with Crippen molar-refractivity contribution in [3.05, 3.63) is 10.2 Å². The van der Waals surface area contributed by atoms with Gasteiger partial charge in [0.2, 0.25) is 0 Å². The Morgan fingerprint density at radius 2 is 1.40 bits per heavy atom. The highest BCUT2D eigenvalue weighted by Crippen LogP contribution is 2.36. The molecule has 60 valence electrons. The van der Waals surface area contributed by atoms with Crippen LogP contribution in [-0.2, 0) is 0 Å². The molecule has 0 aromatic carbocycles. The molecule has 0 nitrogen and oxygen atoms in total. The smallest absolute Gasteiger partial charge is 0.191 e. The number of allylic oxidation sites excluding steroid dienone is 1. The van der Waals surface area contributed by atoms with Crippen molar-refractivity contribution in [2.75, 3.05) is 0 Å². The summed E-state index contributed by atoms with van der Waals surface area (Å²) in [5.41, 5.74) is 0. The zero-order valence-electron chi connectivity index (χ0n) is 4.42. The van der Waals surface area contributed by atoms with Gasteiger partial charge in [0, 0.05) is 0 Å². The lowest BCUT2D eigenvalue weighted by atomic mass is 10.3. The molecule has 0 aliphatic rings. The van der Waals surface area contributed by atoms with Gasteiger partial charge < -0.3 is 0 Å². The van der Waals surface area contributed by atoms with E-state index in [0.29, 0.717) is 4.08 Å². The van der Waals surface area contributed by atoms with Crippen molar-refractivity contribution in [2.45, 2.75) is 12.1 Å². The van der Waals surface area contributed by atoms with Crippen molar-refractivity contribution in [3.8, 4) is 0 Å². The highest BCUT2D eigenvalue weighted by atomic mass is 127. The Labute approximate surface area is 67.2 Å². The highest BCUT2D eigenvalue weighted by Gasteiger charge is 2.55. The Kier molecular flexibility index (Phi) is 3.05. The molecule has 0 aromatic heterocycles. The van der Waals surface area contributed by atoms with Gasteiger partial charge in [0.05, 0.1) is 0 Å². The van der Waals surface area contributed by atoms with Gasteiger partial charge in [-0.2, -0.15) is 22.0 Å².